The molecule has 14 heavy (non-hydrogen) atoms. The molecule has 1 fully saturated rings. The molecule has 3 N–H and O–H groups in total. The van der Waals surface area contributed by atoms with Crippen molar-refractivity contribution in [3.8, 4) is 0 Å². The Morgan fingerprint density at radius 1 is 1.64 bits per heavy atom. The molecule has 0 aromatic rings. The minimum Gasteiger partial charge on any atom is -0.357 e. The summed E-state index contributed by atoms with van der Waals surface area (Å²) >= 11 is 0. The molecule has 84 valence electrons. The quantitative estimate of drug-likeness (QED) is 0.587. The van der Waals surface area contributed by atoms with Crippen LogP contribution in [0.2, 0.25) is 0 Å². The van der Waals surface area contributed by atoms with Crippen LogP contribution in [0.4, 0.5) is 0 Å². The van der Waals surface area contributed by atoms with Gasteiger partial charge in [0.15, 0.2) is 0 Å². The highest BCUT2D eigenvalue weighted by molar-refractivity contribution is 7.88. The number of hydrogen-bond acceptors (Lipinski definition) is 5. The second kappa shape index (κ2) is 4.11. The number of likely N-dealkylation sites (N-methyl/N-ethyl adjacent to an activating group) is 1. The molecule has 0 spiro atoms. The van der Waals surface area contributed by atoms with Gasteiger partial charge in [0.25, 0.3) is 0 Å². The van der Waals surface area contributed by atoms with Crippen LogP contribution in [0.3, 0.4) is 0 Å². The molecule has 1 saturated heterocycles. The van der Waals surface area contributed by atoms with Gasteiger partial charge < -0.3 is 10.5 Å². The predicted molar refractivity (Wildman–Crippen MR) is 53.2 cm³/mol. The zero-order valence-electron chi connectivity index (χ0n) is 8.49. The van der Waals surface area contributed by atoms with Crippen LogP contribution in [0.15, 0.2) is 0 Å². The fraction of sp³-hybridized carbons (Fsp3) is 1.00. The maximum absolute atomic E-state index is 11.3. The van der Waals surface area contributed by atoms with E-state index in [2.05, 4.69) is 5.32 Å². The molecule has 0 aromatic carbocycles. The topological polar surface area (TPSA) is 84.7 Å². The van der Waals surface area contributed by atoms with Crippen LogP contribution in [0.1, 0.15) is 0 Å². The molecule has 0 unspecified atom stereocenters. The van der Waals surface area contributed by atoms with Crippen molar-refractivity contribution in [1.82, 2.24) is 9.62 Å². The van der Waals surface area contributed by atoms with Gasteiger partial charge in [-0.05, 0) is 7.05 Å². The number of nitrogens with one attached hydrogen (secondary N) is 1. The summed E-state index contributed by atoms with van der Waals surface area (Å²) in [4.78, 5) is 0. The molecule has 6 nitrogen and oxygen atoms in total. The van der Waals surface area contributed by atoms with Gasteiger partial charge in [-0.3, -0.25) is 5.32 Å². The molecule has 1 aliphatic rings. The fourth-order valence-electron chi connectivity index (χ4n) is 1.41. The summed E-state index contributed by atoms with van der Waals surface area (Å²) in [6.07, 6.45) is 1.19. The molecular formula is C7H17N3O3S. The first-order valence-corrected chi connectivity index (χ1v) is 6.26. The number of hydrogen-bond donors (Lipinski definition) is 2. The smallest absolute Gasteiger partial charge is 0.211 e. The summed E-state index contributed by atoms with van der Waals surface area (Å²) in [5.41, 5.74) is 4.81. The van der Waals surface area contributed by atoms with E-state index in [1.165, 1.54) is 10.6 Å². The van der Waals surface area contributed by atoms with Crippen LogP contribution in [-0.4, -0.2) is 58.0 Å². The average Bonchev–Trinajstić information content (AvgIpc) is 2.16. The van der Waals surface area contributed by atoms with E-state index in [1.807, 2.05) is 0 Å². The molecule has 0 radical (unpaired) electrons. The number of morpholine rings is 1. The lowest BCUT2D eigenvalue weighted by molar-refractivity contribution is -0.1000. The highest BCUT2D eigenvalue weighted by atomic mass is 32.2. The molecule has 1 atom stereocenters. The molecule has 0 saturated carbocycles. The Labute approximate surface area is 84.4 Å². The van der Waals surface area contributed by atoms with Crippen LogP contribution >= 0.6 is 0 Å². The van der Waals surface area contributed by atoms with E-state index >= 15 is 0 Å². The van der Waals surface area contributed by atoms with Crippen LogP contribution < -0.4 is 11.1 Å². The standard InChI is InChI=1S/C7H17N3O3S/c1-9-7(5-8)6-10(3-4-13-7)14(2,11)12/h9H,3-6,8H2,1-2H3/t7-/m1/s1. The summed E-state index contributed by atoms with van der Waals surface area (Å²) in [5.74, 6) is 0. The lowest BCUT2D eigenvalue weighted by Gasteiger charge is -2.40. The van der Waals surface area contributed by atoms with Gasteiger partial charge in [-0.1, -0.05) is 0 Å². The number of nitrogens with two attached hydrogens (primary N) is 1. The van der Waals surface area contributed by atoms with E-state index in [4.69, 9.17) is 10.5 Å². The van der Waals surface area contributed by atoms with Gasteiger partial charge in [0.05, 0.1) is 19.4 Å². The van der Waals surface area contributed by atoms with Gasteiger partial charge in [0, 0.05) is 13.1 Å². The van der Waals surface area contributed by atoms with Crippen molar-refractivity contribution in [2.45, 2.75) is 5.72 Å². The number of ether oxygens (including phenoxy) is 1. The Bertz CT molecular complexity index is 287. The average molecular weight is 223 g/mol. The van der Waals surface area contributed by atoms with Gasteiger partial charge in [-0.25, -0.2) is 8.42 Å². The van der Waals surface area contributed by atoms with Gasteiger partial charge in [0.1, 0.15) is 5.72 Å². The van der Waals surface area contributed by atoms with Crippen molar-refractivity contribution in [2.24, 2.45) is 5.73 Å². The highest BCUT2D eigenvalue weighted by Crippen LogP contribution is 2.15. The van der Waals surface area contributed by atoms with Crippen molar-refractivity contribution < 1.29 is 13.2 Å². The molecule has 0 amide bonds. The third-order valence-electron chi connectivity index (χ3n) is 2.41. The first kappa shape index (κ1) is 11.9. The minimum atomic E-state index is -3.16. The van der Waals surface area contributed by atoms with Crippen LogP contribution in [0.25, 0.3) is 0 Å². The second-order valence-electron chi connectivity index (χ2n) is 3.39. The number of nitrogens with zero attached hydrogens (tertiary/aromatic N) is 1. The monoisotopic (exact) mass is 223 g/mol. The molecule has 1 heterocycles. The molecule has 0 aliphatic carbocycles. The lowest BCUT2D eigenvalue weighted by Crippen LogP contribution is -2.63. The molecule has 0 aromatic heterocycles. The van der Waals surface area contributed by atoms with Crippen LogP contribution in [0.5, 0.6) is 0 Å². The maximum Gasteiger partial charge on any atom is 0.211 e. The first-order valence-electron chi connectivity index (χ1n) is 4.41. The van der Waals surface area contributed by atoms with Crippen molar-refractivity contribution in [2.75, 3.05) is 39.5 Å². The first-order chi connectivity index (χ1) is 6.43. The van der Waals surface area contributed by atoms with E-state index in [0.717, 1.165) is 0 Å². The van der Waals surface area contributed by atoms with E-state index in [1.54, 1.807) is 7.05 Å². The summed E-state index contributed by atoms with van der Waals surface area (Å²) in [6, 6.07) is 0. The van der Waals surface area contributed by atoms with Gasteiger partial charge in [0.2, 0.25) is 10.0 Å². The summed E-state index contributed by atoms with van der Waals surface area (Å²) in [5, 5.41) is 2.92. The Balaban J connectivity index is 2.78. The van der Waals surface area contributed by atoms with Crippen molar-refractivity contribution in [1.29, 1.82) is 0 Å². The maximum atomic E-state index is 11.3. The zero-order valence-corrected chi connectivity index (χ0v) is 9.30. The Hall–Kier alpha value is -0.210. The number of rotatable bonds is 3. The number of sulfonamides is 1. The largest absolute Gasteiger partial charge is 0.357 e. The summed E-state index contributed by atoms with van der Waals surface area (Å²) in [6.45, 7) is 1.27. The van der Waals surface area contributed by atoms with E-state index < -0.39 is 15.7 Å². The molecule has 0 bridgehead atoms. The zero-order chi connectivity index (χ0) is 10.8. The molecule has 7 heteroatoms. The highest BCUT2D eigenvalue weighted by Gasteiger charge is 2.37. The molecule has 1 rings (SSSR count). The van der Waals surface area contributed by atoms with Gasteiger partial charge in [-0.2, -0.15) is 4.31 Å². The van der Waals surface area contributed by atoms with Crippen molar-refractivity contribution in [3.63, 3.8) is 0 Å². The second-order valence-corrected chi connectivity index (χ2v) is 5.38. The van der Waals surface area contributed by atoms with E-state index in [0.29, 0.717) is 13.2 Å². The van der Waals surface area contributed by atoms with Crippen molar-refractivity contribution >= 4 is 10.0 Å². The Kier molecular flexibility index (Phi) is 3.49. The predicted octanol–water partition coefficient (Wildman–Crippen LogP) is -1.85. The minimum absolute atomic E-state index is 0.246. The lowest BCUT2D eigenvalue weighted by atomic mass is 10.2. The summed E-state index contributed by atoms with van der Waals surface area (Å²) in [7, 11) is -1.45. The normalized spacial score (nSPS) is 30.5. The van der Waals surface area contributed by atoms with Gasteiger partial charge >= 0.3 is 0 Å². The fourth-order valence-corrected chi connectivity index (χ4v) is 2.26. The van der Waals surface area contributed by atoms with E-state index in [-0.39, 0.29) is 13.1 Å². The van der Waals surface area contributed by atoms with E-state index in [9.17, 15) is 8.42 Å². The third-order valence-corrected chi connectivity index (χ3v) is 3.65. The third kappa shape index (κ3) is 2.43. The Morgan fingerprint density at radius 2 is 2.29 bits per heavy atom. The molecular weight excluding hydrogens is 206 g/mol. The summed E-state index contributed by atoms with van der Waals surface area (Å²) < 4.78 is 29.4. The van der Waals surface area contributed by atoms with Crippen LogP contribution in [0, 0.1) is 0 Å². The Morgan fingerprint density at radius 3 is 2.71 bits per heavy atom. The van der Waals surface area contributed by atoms with Crippen molar-refractivity contribution in [3.05, 3.63) is 0 Å². The van der Waals surface area contributed by atoms with Gasteiger partial charge in [-0.15, -0.1) is 0 Å². The van der Waals surface area contributed by atoms with Crippen LogP contribution in [-0.2, 0) is 14.8 Å². The molecule has 1 aliphatic heterocycles. The SMILES string of the molecule is CN[C@@]1(CN)CN(S(C)(=O)=O)CCO1.